The smallest absolute Gasteiger partial charge is 0.270 e. The summed E-state index contributed by atoms with van der Waals surface area (Å²) in [4.78, 5) is 19.0. The molecule has 0 saturated heterocycles. The predicted molar refractivity (Wildman–Crippen MR) is 95.3 cm³/mol. The van der Waals surface area contributed by atoms with E-state index in [-0.39, 0.29) is 29.6 Å². The molecule has 130 valence electrons. The first-order valence-corrected chi connectivity index (χ1v) is 7.78. The number of halogens is 1. The van der Waals surface area contributed by atoms with E-state index in [2.05, 4.69) is 15.3 Å². The zero-order valence-corrected chi connectivity index (χ0v) is 13.9. The van der Waals surface area contributed by atoms with Crippen LogP contribution in [-0.2, 0) is 6.54 Å². The number of aromatic amines is 1. The summed E-state index contributed by atoms with van der Waals surface area (Å²) in [5, 5.41) is 12.2. The summed E-state index contributed by atoms with van der Waals surface area (Å²) >= 11 is 0. The Kier molecular flexibility index (Phi) is 4.94. The lowest BCUT2D eigenvalue weighted by Gasteiger charge is -2.10. The summed E-state index contributed by atoms with van der Waals surface area (Å²) in [6.07, 6.45) is 0. The van der Waals surface area contributed by atoms with Crippen LogP contribution in [-0.4, -0.2) is 17.1 Å². The molecule has 0 spiro atoms. The van der Waals surface area contributed by atoms with Crippen LogP contribution in [0.25, 0.3) is 11.3 Å². The molecule has 2 aromatic carbocycles. The molecule has 0 bridgehead atoms. The third-order valence-corrected chi connectivity index (χ3v) is 3.80. The van der Waals surface area contributed by atoms with Crippen molar-refractivity contribution in [3.63, 3.8) is 0 Å². The van der Waals surface area contributed by atoms with Crippen LogP contribution in [0.3, 0.4) is 0 Å². The van der Waals surface area contributed by atoms with Crippen molar-refractivity contribution in [2.45, 2.75) is 6.54 Å². The summed E-state index contributed by atoms with van der Waals surface area (Å²) in [6.45, 7) is 0.142. The van der Waals surface area contributed by atoms with Gasteiger partial charge in [0.2, 0.25) is 5.95 Å². The van der Waals surface area contributed by atoms with Crippen LogP contribution in [0.1, 0.15) is 11.1 Å². The molecule has 3 rings (SSSR count). The molecule has 0 saturated carbocycles. The first-order valence-electron chi connectivity index (χ1n) is 7.78. The molecule has 0 aliphatic carbocycles. The van der Waals surface area contributed by atoms with E-state index in [1.165, 1.54) is 6.07 Å². The monoisotopic (exact) mass is 350 g/mol. The molecule has 6 nitrogen and oxygen atoms in total. The second-order valence-electron chi connectivity index (χ2n) is 5.42. The molecule has 3 aromatic rings. The minimum absolute atomic E-state index is 0.0911. The lowest BCUT2D eigenvalue weighted by atomic mass is 10.1. The number of aromatic nitrogens is 2. The Morgan fingerprint density at radius 2 is 1.96 bits per heavy atom. The maximum absolute atomic E-state index is 13.7. The minimum Gasteiger partial charge on any atom is -0.497 e. The first kappa shape index (κ1) is 17.2. The molecule has 2 N–H and O–H groups in total. The minimum atomic E-state index is -0.565. The Morgan fingerprint density at radius 1 is 1.23 bits per heavy atom. The zero-order chi connectivity index (χ0) is 18.5. The van der Waals surface area contributed by atoms with Crippen molar-refractivity contribution in [3.8, 4) is 23.1 Å². The summed E-state index contributed by atoms with van der Waals surface area (Å²) in [5.41, 5.74) is 0.624. The highest BCUT2D eigenvalue weighted by Gasteiger charge is 2.13. The average molecular weight is 350 g/mol. The number of H-pyrrole nitrogens is 1. The summed E-state index contributed by atoms with van der Waals surface area (Å²) in [6, 6.07) is 15.0. The van der Waals surface area contributed by atoms with Crippen LogP contribution in [0.4, 0.5) is 10.3 Å². The summed E-state index contributed by atoms with van der Waals surface area (Å²) in [7, 11) is 1.55. The SMILES string of the molecule is COc1ccc(-c2nc(NCc3ccccc3F)[nH]c(=O)c2C#N)cc1. The Labute approximate surface area is 148 Å². The van der Waals surface area contributed by atoms with Crippen LogP contribution >= 0.6 is 0 Å². The van der Waals surface area contributed by atoms with Gasteiger partial charge in [-0.1, -0.05) is 18.2 Å². The molecule has 0 fully saturated rings. The molecular formula is C19H15FN4O2. The van der Waals surface area contributed by atoms with Gasteiger partial charge in [0.05, 0.1) is 12.8 Å². The van der Waals surface area contributed by atoms with E-state index in [0.29, 0.717) is 16.9 Å². The number of methoxy groups -OCH3 is 1. The molecule has 7 heteroatoms. The Bertz CT molecular complexity index is 1020. The van der Waals surface area contributed by atoms with Gasteiger partial charge in [-0.3, -0.25) is 9.78 Å². The molecule has 0 aliphatic rings. The van der Waals surface area contributed by atoms with Gasteiger partial charge in [0, 0.05) is 17.7 Å². The highest BCUT2D eigenvalue weighted by atomic mass is 19.1. The Hall–Kier alpha value is -3.66. The van der Waals surface area contributed by atoms with Crippen molar-refractivity contribution >= 4 is 5.95 Å². The number of hydrogen-bond donors (Lipinski definition) is 2. The number of hydrogen-bond acceptors (Lipinski definition) is 5. The van der Waals surface area contributed by atoms with E-state index in [9.17, 15) is 14.4 Å². The Morgan fingerprint density at radius 3 is 2.62 bits per heavy atom. The van der Waals surface area contributed by atoms with Crippen LogP contribution < -0.4 is 15.6 Å². The molecule has 0 unspecified atom stereocenters. The topological polar surface area (TPSA) is 90.8 Å². The molecule has 1 heterocycles. The second-order valence-corrected chi connectivity index (χ2v) is 5.42. The zero-order valence-electron chi connectivity index (χ0n) is 13.9. The maximum atomic E-state index is 13.7. The number of nitrogens with zero attached hydrogens (tertiary/aromatic N) is 2. The van der Waals surface area contributed by atoms with Gasteiger partial charge < -0.3 is 10.1 Å². The second kappa shape index (κ2) is 7.49. The van der Waals surface area contributed by atoms with Crippen LogP contribution in [0.15, 0.2) is 53.3 Å². The molecular weight excluding hydrogens is 335 g/mol. The molecule has 0 radical (unpaired) electrons. The highest BCUT2D eigenvalue weighted by molar-refractivity contribution is 5.67. The average Bonchev–Trinajstić information content (AvgIpc) is 2.67. The van der Waals surface area contributed by atoms with Crippen molar-refractivity contribution in [2.75, 3.05) is 12.4 Å². The van der Waals surface area contributed by atoms with Crippen molar-refractivity contribution in [1.82, 2.24) is 9.97 Å². The lowest BCUT2D eigenvalue weighted by molar-refractivity contribution is 0.415. The van der Waals surface area contributed by atoms with Gasteiger partial charge in [0.25, 0.3) is 5.56 Å². The quantitative estimate of drug-likeness (QED) is 0.738. The van der Waals surface area contributed by atoms with Gasteiger partial charge in [0.1, 0.15) is 23.2 Å². The third kappa shape index (κ3) is 3.54. The number of ether oxygens (including phenoxy) is 1. The number of benzene rings is 2. The third-order valence-electron chi connectivity index (χ3n) is 3.80. The number of nitriles is 1. The van der Waals surface area contributed by atoms with E-state index in [1.54, 1.807) is 49.6 Å². The molecule has 26 heavy (non-hydrogen) atoms. The van der Waals surface area contributed by atoms with E-state index in [0.717, 1.165) is 0 Å². The van der Waals surface area contributed by atoms with E-state index >= 15 is 0 Å². The van der Waals surface area contributed by atoms with Crippen molar-refractivity contribution in [3.05, 3.63) is 75.8 Å². The summed E-state index contributed by atoms with van der Waals surface area (Å²) in [5.74, 6) is 0.449. The van der Waals surface area contributed by atoms with Gasteiger partial charge >= 0.3 is 0 Å². The van der Waals surface area contributed by atoms with Gasteiger partial charge in [-0.25, -0.2) is 9.37 Å². The van der Waals surface area contributed by atoms with Gasteiger partial charge in [-0.05, 0) is 30.3 Å². The fraction of sp³-hybridized carbons (Fsp3) is 0.105. The van der Waals surface area contributed by atoms with Crippen LogP contribution in [0.5, 0.6) is 5.75 Å². The van der Waals surface area contributed by atoms with Crippen molar-refractivity contribution < 1.29 is 9.13 Å². The molecule has 0 atom stereocenters. The first-order chi connectivity index (χ1) is 12.6. The van der Waals surface area contributed by atoms with E-state index in [4.69, 9.17) is 4.74 Å². The van der Waals surface area contributed by atoms with E-state index in [1.807, 2.05) is 6.07 Å². The lowest BCUT2D eigenvalue weighted by Crippen LogP contribution is -2.17. The Balaban J connectivity index is 1.95. The van der Waals surface area contributed by atoms with Gasteiger partial charge in [-0.2, -0.15) is 5.26 Å². The highest BCUT2D eigenvalue weighted by Crippen LogP contribution is 2.23. The van der Waals surface area contributed by atoms with E-state index < -0.39 is 5.56 Å². The fourth-order valence-corrected chi connectivity index (χ4v) is 2.44. The number of rotatable bonds is 5. The largest absolute Gasteiger partial charge is 0.497 e. The normalized spacial score (nSPS) is 10.2. The fourth-order valence-electron chi connectivity index (χ4n) is 2.44. The molecule has 1 aromatic heterocycles. The molecule has 0 amide bonds. The molecule has 0 aliphatic heterocycles. The van der Waals surface area contributed by atoms with Gasteiger partial charge in [0.15, 0.2) is 0 Å². The van der Waals surface area contributed by atoms with Crippen molar-refractivity contribution in [1.29, 1.82) is 5.26 Å². The number of nitrogens with one attached hydrogen (secondary N) is 2. The summed E-state index contributed by atoms with van der Waals surface area (Å²) < 4.78 is 18.8. The van der Waals surface area contributed by atoms with Crippen molar-refractivity contribution in [2.24, 2.45) is 0 Å². The number of anilines is 1. The van der Waals surface area contributed by atoms with Gasteiger partial charge in [-0.15, -0.1) is 0 Å². The van der Waals surface area contributed by atoms with Crippen LogP contribution in [0.2, 0.25) is 0 Å². The van der Waals surface area contributed by atoms with Crippen LogP contribution in [0, 0.1) is 17.1 Å². The predicted octanol–water partition coefficient (Wildman–Crippen LogP) is 3.07. The maximum Gasteiger partial charge on any atom is 0.270 e. The standard InChI is InChI=1S/C19H15FN4O2/c1-26-14-8-6-12(7-9-14)17-15(10-21)18(25)24-19(23-17)22-11-13-4-2-3-5-16(13)20/h2-9H,11H2,1H3,(H2,22,23,24,25).